The van der Waals surface area contributed by atoms with Gasteiger partial charge in [0.05, 0.1) is 105 Å². The van der Waals surface area contributed by atoms with Gasteiger partial charge in [0.2, 0.25) is 29.5 Å². The highest BCUT2D eigenvalue weighted by Crippen LogP contribution is 2.42. The van der Waals surface area contributed by atoms with Crippen LogP contribution in [0.3, 0.4) is 0 Å². The number of amides is 1. The number of fused-ring (bicyclic) bond motifs is 8. The molecule has 6 aromatic heterocycles. The molecule has 0 unspecified atom stereocenters. The number of halogens is 3. The molecule has 0 saturated heterocycles. The van der Waals surface area contributed by atoms with E-state index in [1.807, 2.05) is 224 Å². The summed E-state index contributed by atoms with van der Waals surface area (Å²) >= 11 is 6.91. The Morgan fingerprint density at radius 1 is 0.434 bits per heavy atom. The molecule has 0 fully saturated rings. The summed E-state index contributed by atoms with van der Waals surface area (Å²) in [5.41, 5.74) is 19.9. The average Bonchev–Trinajstić information content (AvgIpc) is 1.62. The van der Waals surface area contributed by atoms with Crippen LogP contribution in [0.25, 0.3) is 105 Å². The summed E-state index contributed by atoms with van der Waals surface area (Å²) in [6.07, 6.45) is 4.87. The van der Waals surface area contributed by atoms with Crippen molar-refractivity contribution in [2.45, 2.75) is 68.1 Å². The first-order valence-electron chi connectivity index (χ1n) is 40.6. The van der Waals surface area contributed by atoms with Crippen LogP contribution in [0.15, 0.2) is 240 Å². The van der Waals surface area contributed by atoms with Gasteiger partial charge in [-0.15, -0.1) is 0 Å². The molecule has 129 heavy (non-hydrogen) atoms. The Labute approximate surface area is 760 Å². The Hall–Kier alpha value is -15.7. The van der Waals surface area contributed by atoms with Gasteiger partial charge in [-0.2, -0.15) is 31.6 Å². The van der Waals surface area contributed by atoms with Gasteiger partial charge in [0.25, 0.3) is 0 Å². The SMILES string of the molecule is CCn1c(-c2ccc(NC(C)=O)cc2)c(C#N)c2ccc(OC)cc21.CCn1c(-c2ccc(NS(C)(=O)=O)cc2)c(C#N)c2ccc(OC)cc21.CCn1cc(C#N)c2ccc(Br)cc21.COc1ccc(-n2cc(C#N)c3ccc(Br)cc32)cc1.Cc1c(C#N)c2ccc(F)cc2n1-c1ccc2c(c1)OCO2.Cc1ccc2c(C#N)c(C)n(-c3ccc4c(c3)OCO4)c2c1. The van der Waals surface area contributed by atoms with Crippen molar-refractivity contribution in [3.05, 3.63) is 296 Å². The van der Waals surface area contributed by atoms with E-state index >= 15 is 0 Å². The van der Waals surface area contributed by atoms with E-state index in [1.165, 1.54) is 19.1 Å². The summed E-state index contributed by atoms with van der Waals surface area (Å²) in [5, 5.41) is 64.8. The molecule has 644 valence electrons. The lowest BCUT2D eigenvalue weighted by Gasteiger charge is -2.10. The van der Waals surface area contributed by atoms with Crippen LogP contribution in [0, 0.1) is 94.6 Å². The average molecular weight is 1860 g/mol. The molecule has 0 spiro atoms. The molecule has 17 aromatic rings. The number of hydrogen-bond acceptors (Lipinski definition) is 16. The molecule has 0 bridgehead atoms. The van der Waals surface area contributed by atoms with Gasteiger partial charge in [0, 0.05) is 144 Å². The van der Waals surface area contributed by atoms with Gasteiger partial charge >= 0.3 is 0 Å². The van der Waals surface area contributed by atoms with Crippen LogP contribution in [0.1, 0.15) is 78.0 Å². The molecular weight excluding hydrogens is 1780 g/mol. The van der Waals surface area contributed by atoms with Crippen LogP contribution in [0.5, 0.6) is 40.2 Å². The summed E-state index contributed by atoms with van der Waals surface area (Å²) < 4.78 is 90.4. The minimum absolute atomic E-state index is 0.111. The maximum atomic E-state index is 13.7. The summed E-state index contributed by atoms with van der Waals surface area (Å²) in [5.74, 6) is 4.69. The van der Waals surface area contributed by atoms with Crippen LogP contribution < -0.4 is 43.2 Å². The van der Waals surface area contributed by atoms with E-state index in [9.17, 15) is 43.9 Å². The third-order valence-corrected chi connectivity index (χ3v) is 23.5. The minimum Gasteiger partial charge on any atom is -0.497 e. The van der Waals surface area contributed by atoms with Crippen LogP contribution in [-0.2, 0) is 34.5 Å². The monoisotopic (exact) mass is 1860 g/mol. The van der Waals surface area contributed by atoms with Crippen LogP contribution in [0.2, 0.25) is 0 Å². The number of nitrogens with one attached hydrogen (secondary N) is 2. The number of aryl methyl sites for hydroxylation is 4. The molecule has 2 N–H and O–H groups in total. The first-order chi connectivity index (χ1) is 62.3. The third-order valence-electron chi connectivity index (χ3n) is 21.9. The van der Waals surface area contributed by atoms with E-state index in [-0.39, 0.29) is 25.3 Å². The zero-order valence-electron chi connectivity index (χ0n) is 72.0. The number of carbonyl (C=O) groups excluding carboxylic acids is 1. The van der Waals surface area contributed by atoms with Gasteiger partial charge in [0.1, 0.15) is 59.5 Å². The van der Waals surface area contributed by atoms with E-state index in [4.69, 9.17) is 38.4 Å². The van der Waals surface area contributed by atoms with Gasteiger partial charge in [-0.3, -0.25) is 9.52 Å². The molecular formula is C101H83Br2FN14O10S. The van der Waals surface area contributed by atoms with E-state index in [0.717, 1.165) is 185 Å². The maximum absolute atomic E-state index is 13.7. The van der Waals surface area contributed by atoms with Gasteiger partial charge in [-0.1, -0.05) is 80.4 Å². The Kier molecular flexibility index (Phi) is 27.0. The largest absolute Gasteiger partial charge is 0.497 e. The number of sulfonamides is 1. The highest BCUT2D eigenvalue weighted by Gasteiger charge is 2.25. The van der Waals surface area contributed by atoms with Crippen LogP contribution in [0.4, 0.5) is 15.8 Å². The molecule has 8 heterocycles. The molecule has 0 radical (unpaired) electrons. The lowest BCUT2D eigenvalue weighted by atomic mass is 10.1. The summed E-state index contributed by atoms with van der Waals surface area (Å²) in [6.45, 7) is 16.2. The molecule has 28 heteroatoms. The molecule has 0 atom stereocenters. The molecule has 19 rings (SSSR count). The van der Waals surface area contributed by atoms with Crippen LogP contribution in [-0.4, -0.2) is 82.9 Å². The predicted octanol–water partition coefficient (Wildman–Crippen LogP) is 22.8. The van der Waals surface area contributed by atoms with Crippen molar-refractivity contribution in [1.82, 2.24) is 27.4 Å². The second kappa shape index (κ2) is 38.8. The van der Waals surface area contributed by atoms with Crippen molar-refractivity contribution >= 4 is 125 Å². The predicted molar refractivity (Wildman–Crippen MR) is 506 cm³/mol. The molecule has 2 aliphatic rings. The standard InChI is InChI=1S/C20H19N3O2.C19H19N3O3S.C18H14N2O2.C17H11FN2O2.C16H11BrN2O.C11H9BrN2/c1-4-23-19-11-16(25-3)9-10-17(19)18(12-21)20(23)14-5-7-15(8-6-14)22-13(2)24;1-4-22-18-11-15(25-2)9-10-16(18)17(12-20)19(22)13-5-7-14(8-6-13)21-26(3,23)24;1-11-3-5-14-15(9-19)12(2)20(16(14)7-11)13-4-6-17-18(8-13)22-10-21-17;1-10-14(8-19)13-4-2-11(18)6-15(13)20(10)12-3-5-16-17(7-12)22-9-21-16;1-20-14-5-3-13(4-6-14)19-10-11(9-18)15-7-2-12(17)8-16(15)19;1-2-14-7-8(6-13)10-4-3-9(12)5-11(10)14/h5-11H,4H2,1-3H3,(H,22,24);5-11,21H,4H2,1-3H3;3-8H,10H2,1-2H3;2-7H,9H2,1H3;2-8,10H,1H3;3-5,7H,2H2,1H3. The van der Waals surface area contributed by atoms with Crippen molar-refractivity contribution in [1.29, 1.82) is 31.6 Å². The second-order valence-corrected chi connectivity index (χ2v) is 33.3. The van der Waals surface area contributed by atoms with Gasteiger partial charge in [0.15, 0.2) is 23.0 Å². The normalized spacial score (nSPS) is 11.3. The zero-order valence-corrected chi connectivity index (χ0v) is 76.0. The number of nitriles is 6. The Morgan fingerprint density at radius 2 is 0.853 bits per heavy atom. The molecule has 1 amide bonds. The maximum Gasteiger partial charge on any atom is 0.231 e. The number of ether oxygens (including phenoxy) is 7. The number of anilines is 2. The van der Waals surface area contributed by atoms with E-state index in [1.54, 1.807) is 39.5 Å². The van der Waals surface area contributed by atoms with Crippen molar-refractivity contribution in [2.75, 3.05) is 51.2 Å². The molecule has 24 nitrogen and oxygen atoms in total. The van der Waals surface area contributed by atoms with E-state index in [2.05, 4.69) is 123 Å². The van der Waals surface area contributed by atoms with E-state index in [0.29, 0.717) is 57.1 Å². The Morgan fingerprint density at radius 3 is 1.31 bits per heavy atom. The van der Waals surface area contributed by atoms with Gasteiger partial charge in [-0.25, -0.2) is 12.8 Å². The Balaban J connectivity index is 0.000000126. The van der Waals surface area contributed by atoms with Gasteiger partial charge in [-0.05, 0) is 204 Å². The van der Waals surface area contributed by atoms with Gasteiger partial charge < -0.3 is 65.9 Å². The fraction of sp³-hybridized carbons (Fsp3) is 0.158. The number of methoxy groups -OCH3 is 3. The highest BCUT2D eigenvalue weighted by atomic mass is 79.9. The first kappa shape index (κ1) is 89.6. The number of nitrogens with zero attached hydrogens (tertiary/aromatic N) is 12. The number of aromatic nitrogens is 6. The summed E-state index contributed by atoms with van der Waals surface area (Å²) in [4.78, 5) is 11.2. The topological polar surface area (TPSA) is 312 Å². The fourth-order valence-corrected chi connectivity index (χ4v) is 17.3. The van der Waals surface area contributed by atoms with Crippen molar-refractivity contribution in [2.24, 2.45) is 0 Å². The van der Waals surface area contributed by atoms with E-state index < -0.39 is 10.0 Å². The minimum atomic E-state index is -3.33. The molecule has 0 aliphatic carbocycles. The third kappa shape index (κ3) is 18.6. The number of carbonyl (C=O) groups is 1. The Bertz CT molecular complexity index is 7480. The second-order valence-electron chi connectivity index (χ2n) is 29.7. The lowest BCUT2D eigenvalue weighted by molar-refractivity contribution is -0.114. The summed E-state index contributed by atoms with van der Waals surface area (Å²) in [7, 11) is 1.56. The molecule has 0 saturated carbocycles. The first-order valence-corrected chi connectivity index (χ1v) is 44.0. The zero-order chi connectivity index (χ0) is 91.6. The molecule has 2 aliphatic heterocycles. The fourth-order valence-electron chi connectivity index (χ4n) is 16.0. The van der Waals surface area contributed by atoms with Crippen molar-refractivity contribution in [3.8, 4) is 116 Å². The molecule has 11 aromatic carbocycles. The van der Waals surface area contributed by atoms with Crippen molar-refractivity contribution < 1.29 is 50.8 Å². The highest BCUT2D eigenvalue weighted by molar-refractivity contribution is 9.10. The number of hydrogen-bond donors (Lipinski definition) is 2. The van der Waals surface area contributed by atoms with Crippen molar-refractivity contribution in [3.63, 3.8) is 0 Å². The van der Waals surface area contributed by atoms with Crippen LogP contribution >= 0.6 is 31.9 Å². The summed E-state index contributed by atoms with van der Waals surface area (Å²) in [6, 6.07) is 81.2. The number of benzene rings is 11. The quantitative estimate of drug-likeness (QED) is 0.102. The smallest absolute Gasteiger partial charge is 0.231 e. The number of rotatable bonds is 14. The lowest BCUT2D eigenvalue weighted by Crippen LogP contribution is -2.09.